The molecule has 2 aliphatic heterocycles. The molecule has 114 valence electrons. The van der Waals surface area contributed by atoms with Crippen LogP contribution in [-0.2, 0) is 4.79 Å². The van der Waals surface area contributed by atoms with Gasteiger partial charge in [-0.1, -0.05) is 12.8 Å². The Labute approximate surface area is 125 Å². The molecule has 2 N–H and O–H groups in total. The predicted octanol–water partition coefficient (Wildman–Crippen LogP) is 1.87. The molecule has 1 amide bonds. The summed E-state index contributed by atoms with van der Waals surface area (Å²) in [5, 5.41) is 0. The van der Waals surface area contributed by atoms with E-state index in [2.05, 4.69) is 4.90 Å². The van der Waals surface area contributed by atoms with Gasteiger partial charge in [-0.2, -0.15) is 0 Å². The molecule has 0 saturated carbocycles. The van der Waals surface area contributed by atoms with Crippen molar-refractivity contribution in [3.8, 4) is 5.75 Å². The van der Waals surface area contributed by atoms with E-state index < -0.39 is 0 Å². The number of nitrogen functional groups attached to an aromatic ring is 1. The maximum atomic E-state index is 12.5. The van der Waals surface area contributed by atoms with Gasteiger partial charge in [-0.3, -0.25) is 4.79 Å². The van der Waals surface area contributed by atoms with Crippen LogP contribution in [0.25, 0.3) is 0 Å². The Hall–Kier alpha value is -1.91. The number of carbonyl (C=O) groups is 1. The molecule has 0 aliphatic carbocycles. The van der Waals surface area contributed by atoms with Gasteiger partial charge in [0.1, 0.15) is 12.4 Å². The quantitative estimate of drug-likeness (QED) is 0.844. The lowest BCUT2D eigenvalue weighted by Crippen LogP contribution is -2.43. The molecule has 21 heavy (non-hydrogen) atoms. The number of benzene rings is 1. The summed E-state index contributed by atoms with van der Waals surface area (Å²) in [7, 11) is 0. The lowest BCUT2D eigenvalue weighted by atomic mass is 10.2. The number of hydrogen-bond donors (Lipinski definition) is 1. The van der Waals surface area contributed by atoms with E-state index in [0.29, 0.717) is 18.8 Å². The van der Waals surface area contributed by atoms with Crippen molar-refractivity contribution in [2.75, 3.05) is 43.4 Å². The van der Waals surface area contributed by atoms with Crippen molar-refractivity contribution < 1.29 is 9.53 Å². The third-order valence-electron chi connectivity index (χ3n) is 4.23. The van der Waals surface area contributed by atoms with Crippen LogP contribution in [0, 0.1) is 0 Å². The molecule has 0 atom stereocenters. The molecule has 3 rings (SSSR count). The first-order valence-electron chi connectivity index (χ1n) is 7.79. The molecule has 0 aromatic heterocycles. The number of carbonyl (C=O) groups excluding carboxylic acids is 1. The highest BCUT2D eigenvalue weighted by molar-refractivity contribution is 5.82. The molecule has 0 unspecified atom stereocenters. The van der Waals surface area contributed by atoms with Crippen LogP contribution in [0.4, 0.5) is 11.4 Å². The van der Waals surface area contributed by atoms with Crippen LogP contribution in [-0.4, -0.2) is 43.6 Å². The normalized spacial score (nSPS) is 18.7. The first kappa shape index (κ1) is 14.0. The fourth-order valence-electron chi connectivity index (χ4n) is 3.04. The number of nitrogens with zero attached hydrogens (tertiary/aromatic N) is 2. The number of nitrogens with two attached hydrogens (primary N) is 1. The van der Waals surface area contributed by atoms with Crippen LogP contribution in [0.3, 0.4) is 0 Å². The monoisotopic (exact) mass is 289 g/mol. The lowest BCUT2D eigenvalue weighted by Gasteiger charge is -2.32. The van der Waals surface area contributed by atoms with Gasteiger partial charge in [-0.25, -0.2) is 0 Å². The first-order chi connectivity index (χ1) is 10.2. The summed E-state index contributed by atoms with van der Waals surface area (Å²) < 4.78 is 5.64. The zero-order valence-electron chi connectivity index (χ0n) is 12.4. The molecule has 5 nitrogen and oxygen atoms in total. The van der Waals surface area contributed by atoms with Crippen LogP contribution < -0.4 is 15.4 Å². The van der Waals surface area contributed by atoms with E-state index in [-0.39, 0.29) is 5.91 Å². The SMILES string of the molecule is Nc1ccc2c(c1)OCCN2CC(=O)N1CCCCCC1. The molecule has 0 radical (unpaired) electrons. The number of anilines is 2. The highest BCUT2D eigenvalue weighted by atomic mass is 16.5. The van der Waals surface area contributed by atoms with E-state index >= 15 is 0 Å². The molecular weight excluding hydrogens is 266 g/mol. The predicted molar refractivity (Wildman–Crippen MR) is 83.6 cm³/mol. The number of likely N-dealkylation sites (tertiary alicyclic amines) is 1. The standard InChI is InChI=1S/C16H23N3O2/c17-13-5-6-14-15(11-13)21-10-9-19(14)12-16(20)18-7-3-1-2-4-8-18/h5-6,11H,1-4,7-10,12,17H2. The summed E-state index contributed by atoms with van der Waals surface area (Å²) in [5.74, 6) is 1.01. The molecule has 2 heterocycles. The van der Waals surface area contributed by atoms with E-state index in [9.17, 15) is 4.79 Å². The van der Waals surface area contributed by atoms with E-state index in [4.69, 9.17) is 10.5 Å². The van der Waals surface area contributed by atoms with Crippen LogP contribution in [0.2, 0.25) is 0 Å². The number of amides is 1. The van der Waals surface area contributed by atoms with Crippen molar-refractivity contribution in [2.45, 2.75) is 25.7 Å². The Bertz CT molecular complexity index is 510. The van der Waals surface area contributed by atoms with Crippen LogP contribution in [0.5, 0.6) is 5.75 Å². The highest BCUT2D eigenvalue weighted by Gasteiger charge is 2.23. The van der Waals surface area contributed by atoms with Crippen molar-refractivity contribution in [2.24, 2.45) is 0 Å². The topological polar surface area (TPSA) is 58.8 Å². The fourth-order valence-corrected chi connectivity index (χ4v) is 3.04. The fraction of sp³-hybridized carbons (Fsp3) is 0.562. The molecule has 5 heteroatoms. The smallest absolute Gasteiger partial charge is 0.242 e. The Morgan fingerprint density at radius 2 is 1.90 bits per heavy atom. The second kappa shape index (κ2) is 6.24. The Balaban J connectivity index is 1.69. The lowest BCUT2D eigenvalue weighted by molar-refractivity contribution is -0.129. The van der Waals surface area contributed by atoms with Crippen LogP contribution in [0.1, 0.15) is 25.7 Å². The van der Waals surface area contributed by atoms with Crippen molar-refractivity contribution in [3.05, 3.63) is 18.2 Å². The van der Waals surface area contributed by atoms with E-state index in [0.717, 1.165) is 43.9 Å². The Morgan fingerprint density at radius 3 is 2.67 bits per heavy atom. The molecular formula is C16H23N3O2. The number of rotatable bonds is 2. The zero-order chi connectivity index (χ0) is 14.7. The first-order valence-corrected chi connectivity index (χ1v) is 7.79. The van der Waals surface area contributed by atoms with Crippen LogP contribution in [0.15, 0.2) is 18.2 Å². The van der Waals surface area contributed by atoms with Gasteiger partial charge in [0.25, 0.3) is 0 Å². The second-order valence-corrected chi connectivity index (χ2v) is 5.79. The summed E-state index contributed by atoms with van der Waals surface area (Å²) in [4.78, 5) is 16.6. The Morgan fingerprint density at radius 1 is 1.14 bits per heavy atom. The third kappa shape index (κ3) is 3.23. The largest absolute Gasteiger partial charge is 0.489 e. The van der Waals surface area contributed by atoms with E-state index in [1.165, 1.54) is 12.8 Å². The number of hydrogen-bond acceptors (Lipinski definition) is 4. The summed E-state index contributed by atoms with van der Waals surface area (Å²) in [6.45, 7) is 3.58. The van der Waals surface area contributed by atoms with Gasteiger partial charge in [0.15, 0.2) is 0 Å². The number of ether oxygens (including phenoxy) is 1. The van der Waals surface area contributed by atoms with Gasteiger partial charge >= 0.3 is 0 Å². The number of fused-ring (bicyclic) bond motifs is 1. The van der Waals surface area contributed by atoms with Crippen molar-refractivity contribution in [3.63, 3.8) is 0 Å². The van der Waals surface area contributed by atoms with Gasteiger partial charge in [0.2, 0.25) is 5.91 Å². The summed E-state index contributed by atoms with van der Waals surface area (Å²) in [6, 6.07) is 5.63. The van der Waals surface area contributed by atoms with E-state index in [1.54, 1.807) is 0 Å². The zero-order valence-corrected chi connectivity index (χ0v) is 12.4. The molecule has 0 bridgehead atoms. The van der Waals surface area contributed by atoms with Gasteiger partial charge in [0, 0.05) is 24.8 Å². The average Bonchev–Trinajstić information content (AvgIpc) is 2.76. The van der Waals surface area contributed by atoms with Crippen molar-refractivity contribution in [1.29, 1.82) is 0 Å². The molecule has 1 aromatic rings. The van der Waals surface area contributed by atoms with Gasteiger partial charge in [-0.05, 0) is 25.0 Å². The van der Waals surface area contributed by atoms with Crippen LogP contribution >= 0.6 is 0 Å². The van der Waals surface area contributed by atoms with E-state index in [1.807, 2.05) is 23.1 Å². The van der Waals surface area contributed by atoms with Crippen molar-refractivity contribution in [1.82, 2.24) is 4.90 Å². The molecule has 1 fully saturated rings. The molecule has 2 aliphatic rings. The van der Waals surface area contributed by atoms with Gasteiger partial charge in [0.05, 0.1) is 18.8 Å². The third-order valence-corrected chi connectivity index (χ3v) is 4.23. The highest BCUT2D eigenvalue weighted by Crippen LogP contribution is 2.33. The maximum absolute atomic E-state index is 12.5. The second-order valence-electron chi connectivity index (χ2n) is 5.79. The Kier molecular flexibility index (Phi) is 4.18. The summed E-state index contributed by atoms with van der Waals surface area (Å²) >= 11 is 0. The molecule has 1 aromatic carbocycles. The maximum Gasteiger partial charge on any atom is 0.242 e. The van der Waals surface area contributed by atoms with Crippen molar-refractivity contribution >= 4 is 17.3 Å². The average molecular weight is 289 g/mol. The minimum absolute atomic E-state index is 0.224. The molecule has 1 saturated heterocycles. The van der Waals surface area contributed by atoms with Gasteiger partial charge in [-0.15, -0.1) is 0 Å². The van der Waals surface area contributed by atoms with Gasteiger partial charge < -0.3 is 20.3 Å². The summed E-state index contributed by atoms with van der Waals surface area (Å²) in [5.41, 5.74) is 7.45. The minimum atomic E-state index is 0.224. The molecule has 0 spiro atoms. The minimum Gasteiger partial charge on any atom is -0.489 e. The summed E-state index contributed by atoms with van der Waals surface area (Å²) in [6.07, 6.45) is 4.73.